The van der Waals surface area contributed by atoms with Gasteiger partial charge in [0.05, 0.1) is 22.9 Å². The lowest BCUT2D eigenvalue weighted by Crippen LogP contribution is -2.22. The van der Waals surface area contributed by atoms with Crippen molar-refractivity contribution in [3.05, 3.63) is 59.2 Å². The number of rotatable bonds is 19. The molecule has 1 aliphatic carbocycles. The van der Waals surface area contributed by atoms with Gasteiger partial charge in [-0.2, -0.15) is 0 Å². The number of aliphatic hydroxyl groups excluding tert-OH is 2. The van der Waals surface area contributed by atoms with Crippen molar-refractivity contribution in [1.29, 1.82) is 0 Å². The van der Waals surface area contributed by atoms with Crippen molar-refractivity contribution in [3.8, 4) is 5.75 Å². The van der Waals surface area contributed by atoms with Crippen molar-refractivity contribution in [2.75, 3.05) is 26.3 Å². The van der Waals surface area contributed by atoms with Gasteiger partial charge in [0.25, 0.3) is 5.97 Å². The van der Waals surface area contributed by atoms with E-state index in [-0.39, 0.29) is 17.6 Å². The summed E-state index contributed by atoms with van der Waals surface area (Å²) in [5, 5.41) is 39.6. The fraction of sp³-hybridized carbons (Fsp3) is 0.606. The molecule has 0 amide bonds. The predicted molar refractivity (Wildman–Crippen MR) is 168 cm³/mol. The summed E-state index contributed by atoms with van der Waals surface area (Å²) in [5.74, 6) is -0.794. The van der Waals surface area contributed by atoms with Crippen LogP contribution in [0, 0.1) is 0 Å². The third-order valence-electron chi connectivity index (χ3n) is 7.61. The summed E-state index contributed by atoms with van der Waals surface area (Å²) in [4.78, 5) is 9.50. The molecule has 0 bridgehead atoms. The van der Waals surface area contributed by atoms with E-state index in [1.54, 1.807) is 18.2 Å². The number of carbonyl (C=O) groups is 1. The molecule has 10 heteroatoms. The van der Waals surface area contributed by atoms with Gasteiger partial charge in [0, 0.05) is 32.2 Å². The van der Waals surface area contributed by atoms with Crippen LogP contribution in [0.25, 0.3) is 0 Å². The molecule has 0 spiro atoms. The second-order valence-corrected chi connectivity index (χ2v) is 13.4. The van der Waals surface area contributed by atoms with Gasteiger partial charge in [-0.1, -0.05) is 50.3 Å². The molecule has 0 unspecified atom stereocenters. The van der Waals surface area contributed by atoms with Gasteiger partial charge in [-0.05, 0) is 86.9 Å². The molecular formula is C33H51NO8S. The van der Waals surface area contributed by atoms with Gasteiger partial charge in [-0.3, -0.25) is 4.79 Å². The number of phenols is 1. The Morgan fingerprint density at radius 1 is 0.977 bits per heavy atom. The van der Waals surface area contributed by atoms with E-state index in [4.69, 9.17) is 14.6 Å². The Hall–Kier alpha value is -2.50. The smallest absolute Gasteiger partial charge is 0.300 e. The zero-order chi connectivity index (χ0) is 31.5. The number of aliphatic carboxylic acids is 1. The number of carboxylic acid groups (broad SMARTS) is 1. The molecule has 5 N–H and O–H groups in total. The van der Waals surface area contributed by atoms with Crippen LogP contribution < -0.4 is 5.32 Å². The van der Waals surface area contributed by atoms with Gasteiger partial charge < -0.3 is 30.5 Å². The minimum atomic E-state index is -3.18. The van der Waals surface area contributed by atoms with Gasteiger partial charge in [0.15, 0.2) is 9.84 Å². The Labute approximate surface area is 257 Å². The van der Waals surface area contributed by atoms with E-state index in [0.717, 1.165) is 109 Å². The maximum absolute atomic E-state index is 12.8. The van der Waals surface area contributed by atoms with Crippen molar-refractivity contribution >= 4 is 15.8 Å². The number of aryl methyl sites for hydroxylation is 1. The predicted octanol–water partition coefficient (Wildman–Crippen LogP) is 5.30. The number of unbranched alkanes of at least 4 members (excludes halogenated alkanes) is 5. The Bertz CT molecular complexity index is 1180. The highest BCUT2D eigenvalue weighted by atomic mass is 32.2. The highest BCUT2D eigenvalue weighted by Crippen LogP contribution is 2.30. The fourth-order valence-corrected chi connectivity index (χ4v) is 7.11. The number of hydrogen-bond donors (Lipinski definition) is 5. The first kappa shape index (κ1) is 36.7. The molecular weight excluding hydrogens is 570 g/mol. The molecule has 242 valence electrons. The summed E-state index contributed by atoms with van der Waals surface area (Å²) in [6, 6.07) is 12.3. The molecule has 0 aromatic heterocycles. The third-order valence-corrected chi connectivity index (χ3v) is 9.87. The molecule has 1 aliphatic rings. The molecule has 3 rings (SSSR count). The molecule has 1 fully saturated rings. The molecule has 0 radical (unpaired) electrons. The van der Waals surface area contributed by atoms with E-state index in [9.17, 15) is 23.7 Å². The number of benzene rings is 2. The van der Waals surface area contributed by atoms with E-state index >= 15 is 0 Å². The third kappa shape index (κ3) is 14.2. The van der Waals surface area contributed by atoms with E-state index in [0.29, 0.717) is 22.6 Å². The number of carboxylic acids is 1. The van der Waals surface area contributed by atoms with Crippen molar-refractivity contribution in [3.63, 3.8) is 0 Å². The van der Waals surface area contributed by atoms with Crippen LogP contribution in [0.1, 0.15) is 100 Å². The van der Waals surface area contributed by atoms with E-state index in [1.165, 1.54) is 6.07 Å². The van der Waals surface area contributed by atoms with Crippen molar-refractivity contribution in [2.45, 2.75) is 107 Å². The second-order valence-electron chi connectivity index (χ2n) is 11.2. The average molecular weight is 622 g/mol. The maximum Gasteiger partial charge on any atom is 0.300 e. The number of nitrogens with one attached hydrogen (secondary N) is 1. The normalized spacial score (nSPS) is 14.3. The van der Waals surface area contributed by atoms with Crippen LogP contribution in [-0.2, 0) is 32.4 Å². The SMILES string of the molecule is CC(=O)O.O=S(=O)(c1cccc(CCCCCOCCCCCCNC[C@H](O)c2ccc(O)c(CO)c2)c1)C1CCCC1. The van der Waals surface area contributed by atoms with Crippen LogP contribution >= 0.6 is 0 Å². The zero-order valence-electron chi connectivity index (χ0n) is 25.5. The quantitative estimate of drug-likeness (QED) is 0.131. The summed E-state index contributed by atoms with van der Waals surface area (Å²) in [7, 11) is -3.18. The highest BCUT2D eigenvalue weighted by molar-refractivity contribution is 7.92. The van der Waals surface area contributed by atoms with E-state index < -0.39 is 21.9 Å². The Kier molecular flexibility index (Phi) is 17.5. The first-order chi connectivity index (χ1) is 20.6. The summed E-state index contributed by atoms with van der Waals surface area (Å²) in [6.45, 7) is 3.64. The van der Waals surface area contributed by atoms with Crippen molar-refractivity contribution in [1.82, 2.24) is 5.32 Å². The number of ether oxygens (including phenoxy) is 1. The molecule has 9 nitrogen and oxygen atoms in total. The van der Waals surface area contributed by atoms with E-state index in [2.05, 4.69) is 5.32 Å². The Balaban J connectivity index is 0.00000151. The molecule has 1 saturated carbocycles. The van der Waals surface area contributed by atoms with Crippen molar-refractivity contribution in [2.24, 2.45) is 0 Å². The standard InChI is InChI=1S/C31H47NO6S.C2H4O2/c33-24-27-22-26(16-17-30(27)34)31(35)23-32-18-7-1-2-8-19-38-20-9-3-4-11-25-12-10-15-29(21-25)39(36,37)28-13-5-6-14-28;1-2(3)4/h10,12,15-17,21-22,28,31-35H,1-9,11,13-14,18-20,23-24H2;1H3,(H,3,4)/t31-;/m0./s1. The monoisotopic (exact) mass is 621 g/mol. The van der Waals surface area contributed by atoms with Crippen LogP contribution in [0.5, 0.6) is 5.75 Å². The average Bonchev–Trinajstić information content (AvgIpc) is 3.54. The van der Waals surface area contributed by atoms with Gasteiger partial charge in [-0.25, -0.2) is 8.42 Å². The van der Waals surface area contributed by atoms with Crippen LogP contribution in [-0.4, -0.2) is 66.4 Å². The van der Waals surface area contributed by atoms with Crippen LogP contribution in [0.15, 0.2) is 47.4 Å². The number of aliphatic hydroxyl groups is 2. The largest absolute Gasteiger partial charge is 0.508 e. The number of aromatic hydroxyl groups is 1. The first-order valence-corrected chi connectivity index (χ1v) is 17.1. The van der Waals surface area contributed by atoms with Crippen molar-refractivity contribution < 1.29 is 38.4 Å². The molecule has 43 heavy (non-hydrogen) atoms. The zero-order valence-corrected chi connectivity index (χ0v) is 26.4. The molecule has 0 saturated heterocycles. The van der Waals surface area contributed by atoms with Crippen LogP contribution in [0.3, 0.4) is 0 Å². The van der Waals surface area contributed by atoms with Gasteiger partial charge >= 0.3 is 0 Å². The van der Waals surface area contributed by atoms with Crippen LogP contribution in [0.2, 0.25) is 0 Å². The van der Waals surface area contributed by atoms with Crippen LogP contribution in [0.4, 0.5) is 0 Å². The molecule has 0 aliphatic heterocycles. The summed E-state index contributed by atoms with van der Waals surface area (Å²) in [6.07, 6.45) is 11.3. The summed E-state index contributed by atoms with van der Waals surface area (Å²) >= 11 is 0. The minimum absolute atomic E-state index is 0.0393. The molecule has 2 aromatic rings. The molecule has 1 atom stereocenters. The van der Waals surface area contributed by atoms with Gasteiger partial charge in [0.1, 0.15) is 5.75 Å². The van der Waals surface area contributed by atoms with E-state index in [1.807, 2.05) is 18.2 Å². The van der Waals surface area contributed by atoms with Gasteiger partial charge in [0.2, 0.25) is 0 Å². The number of hydrogen-bond acceptors (Lipinski definition) is 8. The summed E-state index contributed by atoms with van der Waals surface area (Å²) < 4.78 is 31.4. The Morgan fingerprint density at radius 2 is 1.63 bits per heavy atom. The lowest BCUT2D eigenvalue weighted by Gasteiger charge is -2.14. The van der Waals surface area contributed by atoms with Gasteiger partial charge in [-0.15, -0.1) is 0 Å². The first-order valence-electron chi connectivity index (χ1n) is 15.6. The minimum Gasteiger partial charge on any atom is -0.508 e. The number of sulfone groups is 1. The molecule has 0 heterocycles. The highest BCUT2D eigenvalue weighted by Gasteiger charge is 2.30. The Morgan fingerprint density at radius 3 is 2.30 bits per heavy atom. The lowest BCUT2D eigenvalue weighted by molar-refractivity contribution is -0.134. The topological polar surface area (TPSA) is 153 Å². The summed E-state index contributed by atoms with van der Waals surface area (Å²) in [5.41, 5.74) is 2.21. The molecule has 2 aromatic carbocycles. The lowest BCUT2D eigenvalue weighted by atomic mass is 10.1. The fourth-order valence-electron chi connectivity index (χ4n) is 5.18. The second kappa shape index (κ2) is 20.5. The maximum atomic E-state index is 12.8.